The van der Waals surface area contributed by atoms with Crippen molar-refractivity contribution in [2.45, 2.75) is 19.6 Å². The summed E-state index contributed by atoms with van der Waals surface area (Å²) in [6.45, 7) is -1.50. The zero-order chi connectivity index (χ0) is 15.3. The normalized spacial score (nSPS) is 13.2. The summed E-state index contributed by atoms with van der Waals surface area (Å²) < 4.78 is 28.9. The molecule has 20 heavy (non-hydrogen) atoms. The Hall–Kier alpha value is -2.38. The molecule has 3 N–H and O–H groups in total. The van der Waals surface area contributed by atoms with E-state index in [1.165, 1.54) is 38.2 Å². The van der Waals surface area contributed by atoms with Crippen LogP contribution in [0.25, 0.3) is 0 Å². The van der Waals surface area contributed by atoms with Gasteiger partial charge in [0.05, 0.1) is 11.6 Å². The minimum absolute atomic E-state index is 0.0344. The molecule has 1 aromatic rings. The number of amidine groups is 1. The van der Waals surface area contributed by atoms with Crippen molar-refractivity contribution in [1.29, 1.82) is 0 Å². The molecule has 1 atom stereocenters. The Kier molecular flexibility index (Phi) is 5.24. The molecule has 1 amide bonds. The lowest BCUT2D eigenvalue weighted by molar-refractivity contribution is -0.0502. The molecule has 6 nitrogen and oxygen atoms in total. The van der Waals surface area contributed by atoms with Crippen molar-refractivity contribution < 1.29 is 23.5 Å². The highest BCUT2D eigenvalue weighted by Gasteiger charge is 2.24. The van der Waals surface area contributed by atoms with Gasteiger partial charge in [-0.3, -0.25) is 4.79 Å². The average Bonchev–Trinajstić information content (AvgIpc) is 2.44. The van der Waals surface area contributed by atoms with Gasteiger partial charge in [-0.15, -0.1) is 0 Å². The van der Waals surface area contributed by atoms with Gasteiger partial charge >= 0.3 is 6.61 Å². The molecule has 0 saturated carbocycles. The van der Waals surface area contributed by atoms with Crippen LogP contribution in [0.3, 0.4) is 0 Å². The van der Waals surface area contributed by atoms with E-state index in [-0.39, 0.29) is 17.1 Å². The Morgan fingerprint density at radius 3 is 2.60 bits per heavy atom. The molecular formula is C12H15F2N3O3. The van der Waals surface area contributed by atoms with Crippen molar-refractivity contribution in [2.75, 3.05) is 7.05 Å². The predicted octanol–water partition coefficient (Wildman–Crippen LogP) is 1.49. The van der Waals surface area contributed by atoms with Crippen LogP contribution in [0.5, 0.6) is 5.75 Å². The first-order chi connectivity index (χ1) is 9.38. The van der Waals surface area contributed by atoms with Gasteiger partial charge in [0.15, 0.2) is 5.84 Å². The van der Waals surface area contributed by atoms with Gasteiger partial charge in [0.1, 0.15) is 5.75 Å². The fourth-order valence-corrected chi connectivity index (χ4v) is 1.49. The second kappa shape index (κ2) is 6.69. The number of alkyl halides is 2. The summed E-state index contributed by atoms with van der Waals surface area (Å²) in [4.78, 5) is 13.4. The van der Waals surface area contributed by atoms with Gasteiger partial charge in [-0.25, -0.2) is 0 Å². The number of hydrogen-bond donors (Lipinski definition) is 2. The van der Waals surface area contributed by atoms with E-state index in [9.17, 15) is 13.6 Å². The Morgan fingerprint density at radius 2 is 2.05 bits per heavy atom. The van der Waals surface area contributed by atoms with Crippen LogP contribution in [0.4, 0.5) is 8.78 Å². The van der Waals surface area contributed by atoms with Gasteiger partial charge in [-0.2, -0.15) is 8.78 Å². The molecule has 0 aromatic heterocycles. The first-order valence-corrected chi connectivity index (χ1v) is 5.67. The molecule has 0 bridgehead atoms. The molecule has 0 fully saturated rings. The third kappa shape index (κ3) is 3.56. The number of likely N-dealkylation sites (N-methyl/N-ethyl adjacent to an activating group) is 1. The lowest BCUT2D eigenvalue weighted by atomic mass is 10.1. The molecule has 0 heterocycles. The summed E-state index contributed by atoms with van der Waals surface area (Å²) in [6.07, 6.45) is 0. The highest BCUT2D eigenvalue weighted by Crippen LogP contribution is 2.22. The van der Waals surface area contributed by atoms with E-state index in [1.807, 2.05) is 0 Å². The van der Waals surface area contributed by atoms with Gasteiger partial charge in [-0.1, -0.05) is 17.3 Å². The monoisotopic (exact) mass is 287 g/mol. The molecule has 0 saturated heterocycles. The number of ether oxygens (including phenoxy) is 1. The molecule has 0 aliphatic heterocycles. The minimum atomic E-state index is -3.03. The Morgan fingerprint density at radius 1 is 1.45 bits per heavy atom. The van der Waals surface area contributed by atoms with Crippen molar-refractivity contribution >= 4 is 11.7 Å². The van der Waals surface area contributed by atoms with Crippen LogP contribution in [-0.4, -0.2) is 41.6 Å². The molecule has 110 valence electrons. The number of oxime groups is 1. The highest BCUT2D eigenvalue weighted by molar-refractivity contribution is 5.99. The molecule has 8 heteroatoms. The zero-order valence-corrected chi connectivity index (χ0v) is 11.0. The van der Waals surface area contributed by atoms with Crippen molar-refractivity contribution in [3.05, 3.63) is 29.8 Å². The summed E-state index contributed by atoms with van der Waals surface area (Å²) in [5, 5.41) is 11.4. The molecule has 1 unspecified atom stereocenters. The number of benzene rings is 1. The number of halogens is 2. The summed E-state index contributed by atoms with van der Waals surface area (Å²) in [6, 6.07) is 4.92. The Balaban J connectivity index is 3.03. The van der Waals surface area contributed by atoms with Gasteiger partial charge in [0.2, 0.25) is 0 Å². The quantitative estimate of drug-likeness (QED) is 0.372. The Labute approximate surface area is 114 Å². The van der Waals surface area contributed by atoms with Crippen LogP contribution in [-0.2, 0) is 0 Å². The molecule has 0 radical (unpaired) electrons. The predicted molar refractivity (Wildman–Crippen MR) is 68.0 cm³/mol. The van der Waals surface area contributed by atoms with Gasteiger partial charge in [0, 0.05) is 7.05 Å². The molecule has 1 rings (SSSR count). The van der Waals surface area contributed by atoms with Crippen LogP contribution in [0, 0.1) is 0 Å². The molecule has 0 spiro atoms. The molecule has 0 aliphatic carbocycles. The standard InChI is InChI=1S/C12H15F2N3O3/c1-7(10(15)16-19)17(2)11(18)8-5-3-4-6-9(8)20-12(13)14/h3-7,12,19H,1-2H3,(H2,15,16). The van der Waals surface area contributed by atoms with Crippen molar-refractivity contribution in [3.63, 3.8) is 0 Å². The number of hydrogen-bond acceptors (Lipinski definition) is 4. The number of carbonyl (C=O) groups excluding carboxylic acids is 1. The maximum Gasteiger partial charge on any atom is 0.387 e. The molecule has 0 aliphatic rings. The average molecular weight is 287 g/mol. The maximum absolute atomic E-state index is 12.3. The van der Waals surface area contributed by atoms with E-state index in [4.69, 9.17) is 10.9 Å². The van der Waals surface area contributed by atoms with Crippen LogP contribution in [0.15, 0.2) is 29.4 Å². The lowest BCUT2D eigenvalue weighted by Gasteiger charge is -2.24. The highest BCUT2D eigenvalue weighted by atomic mass is 19.3. The van der Waals surface area contributed by atoms with Crippen LogP contribution in [0.1, 0.15) is 17.3 Å². The lowest BCUT2D eigenvalue weighted by Crippen LogP contribution is -2.43. The first-order valence-electron chi connectivity index (χ1n) is 5.67. The van der Waals surface area contributed by atoms with E-state index in [0.717, 1.165) is 4.90 Å². The first kappa shape index (κ1) is 15.7. The number of nitrogens with zero attached hydrogens (tertiary/aromatic N) is 2. The van der Waals surface area contributed by atoms with Gasteiger partial charge < -0.3 is 20.6 Å². The van der Waals surface area contributed by atoms with E-state index < -0.39 is 18.6 Å². The van der Waals surface area contributed by atoms with Crippen molar-refractivity contribution in [3.8, 4) is 5.75 Å². The largest absolute Gasteiger partial charge is 0.434 e. The number of carbonyl (C=O) groups is 1. The SMILES string of the molecule is CC(C(N)=NO)N(C)C(=O)c1ccccc1OC(F)F. The summed E-state index contributed by atoms with van der Waals surface area (Å²) >= 11 is 0. The summed E-state index contributed by atoms with van der Waals surface area (Å²) in [7, 11) is 1.41. The smallest absolute Gasteiger partial charge is 0.387 e. The number of rotatable bonds is 5. The van der Waals surface area contributed by atoms with Gasteiger partial charge in [0.25, 0.3) is 5.91 Å². The van der Waals surface area contributed by atoms with Crippen LogP contribution in [0.2, 0.25) is 0 Å². The topological polar surface area (TPSA) is 88.2 Å². The molecule has 1 aromatic carbocycles. The van der Waals surface area contributed by atoms with Crippen LogP contribution >= 0.6 is 0 Å². The van der Waals surface area contributed by atoms with E-state index in [2.05, 4.69) is 9.89 Å². The fraction of sp³-hybridized carbons (Fsp3) is 0.333. The number of para-hydroxylation sites is 1. The second-order valence-corrected chi connectivity index (χ2v) is 3.99. The third-order valence-electron chi connectivity index (χ3n) is 2.78. The van der Waals surface area contributed by atoms with Crippen molar-refractivity contribution in [1.82, 2.24) is 4.90 Å². The number of nitrogens with two attached hydrogens (primary N) is 1. The van der Waals surface area contributed by atoms with Crippen molar-refractivity contribution in [2.24, 2.45) is 10.9 Å². The second-order valence-electron chi connectivity index (χ2n) is 3.99. The Bertz CT molecular complexity index is 508. The summed E-state index contributed by atoms with van der Waals surface area (Å²) in [5.41, 5.74) is 5.37. The van der Waals surface area contributed by atoms with E-state index in [0.29, 0.717) is 0 Å². The summed E-state index contributed by atoms with van der Waals surface area (Å²) in [5.74, 6) is -0.987. The number of amides is 1. The fourth-order valence-electron chi connectivity index (χ4n) is 1.49. The van der Waals surface area contributed by atoms with Crippen LogP contribution < -0.4 is 10.5 Å². The minimum Gasteiger partial charge on any atom is -0.434 e. The zero-order valence-electron chi connectivity index (χ0n) is 11.0. The maximum atomic E-state index is 12.3. The van der Waals surface area contributed by atoms with E-state index in [1.54, 1.807) is 0 Å². The van der Waals surface area contributed by atoms with E-state index >= 15 is 0 Å². The third-order valence-corrected chi connectivity index (χ3v) is 2.78. The van der Waals surface area contributed by atoms with Gasteiger partial charge in [-0.05, 0) is 19.1 Å². The molecular weight excluding hydrogens is 272 g/mol.